The maximum atomic E-state index is 13.4. The van der Waals surface area contributed by atoms with Gasteiger partial charge in [0.25, 0.3) is 15.6 Å². The summed E-state index contributed by atoms with van der Waals surface area (Å²) in [4.78, 5) is 29.2. The number of sulfonamides is 1. The first-order chi connectivity index (χ1) is 16.3. The number of amides is 1. The van der Waals surface area contributed by atoms with Crippen LogP contribution in [-0.2, 0) is 14.8 Å². The van der Waals surface area contributed by atoms with Gasteiger partial charge in [-0.25, -0.2) is 18.1 Å². The van der Waals surface area contributed by atoms with Gasteiger partial charge in [-0.2, -0.15) is 5.26 Å². The summed E-state index contributed by atoms with van der Waals surface area (Å²) in [7, 11) is -4.10. The molecule has 1 amide bonds. The number of carbonyl (C=O) groups excluding carboxylic acids is 1. The van der Waals surface area contributed by atoms with Crippen LogP contribution in [0.2, 0.25) is 0 Å². The number of para-hydroxylation sites is 1. The highest BCUT2D eigenvalue weighted by molar-refractivity contribution is 7.90. The van der Waals surface area contributed by atoms with Crippen molar-refractivity contribution in [3.63, 3.8) is 0 Å². The summed E-state index contributed by atoms with van der Waals surface area (Å²) in [5.41, 5.74) is 1.70. The van der Waals surface area contributed by atoms with Gasteiger partial charge in [-0.1, -0.05) is 36.4 Å². The molecule has 1 heterocycles. The molecule has 0 fully saturated rings. The average molecular weight is 471 g/mol. The molecule has 0 radical (unpaired) electrons. The maximum Gasteiger partial charge on any atom is 0.266 e. The topological polar surface area (TPSA) is 122 Å². The Morgan fingerprint density at radius 1 is 1.03 bits per heavy atom. The van der Waals surface area contributed by atoms with Crippen LogP contribution in [0.1, 0.15) is 23.9 Å². The van der Waals surface area contributed by atoms with Crippen LogP contribution in [0.4, 0.5) is 0 Å². The van der Waals surface area contributed by atoms with Crippen LogP contribution in [0.15, 0.2) is 82.5 Å². The minimum Gasteiger partial charge on any atom is -0.274 e. The summed E-state index contributed by atoms with van der Waals surface area (Å²) < 4.78 is 28.2. The molecule has 4 rings (SSSR count). The first-order valence-electron chi connectivity index (χ1n) is 10.1. The summed E-state index contributed by atoms with van der Waals surface area (Å²) in [6.45, 7) is 1.10. The summed E-state index contributed by atoms with van der Waals surface area (Å²) in [5, 5.41) is 9.34. The summed E-state index contributed by atoms with van der Waals surface area (Å²) in [6, 6.07) is 21.5. The van der Waals surface area contributed by atoms with Gasteiger partial charge in [-0.05, 0) is 54.1 Å². The maximum absolute atomic E-state index is 13.4. The minimum absolute atomic E-state index is 0.165. The fourth-order valence-electron chi connectivity index (χ4n) is 3.39. The number of nitrogens with one attached hydrogen (secondary N) is 1. The number of hydrogen-bond acceptors (Lipinski definition) is 6. The Labute approximate surface area is 195 Å². The summed E-state index contributed by atoms with van der Waals surface area (Å²) >= 11 is 0. The van der Waals surface area contributed by atoms with Crippen molar-refractivity contribution in [2.45, 2.75) is 11.8 Å². The van der Waals surface area contributed by atoms with Gasteiger partial charge in [-0.3, -0.25) is 14.2 Å². The summed E-state index contributed by atoms with van der Waals surface area (Å²) in [5.74, 6) is -0.442. The quantitative estimate of drug-likeness (QED) is 0.478. The predicted molar refractivity (Wildman–Crippen MR) is 128 cm³/mol. The lowest BCUT2D eigenvalue weighted by Gasteiger charge is -2.13. The molecule has 0 unspecified atom stereocenters. The van der Waals surface area contributed by atoms with Crippen LogP contribution in [0, 0.1) is 11.3 Å². The highest BCUT2D eigenvalue weighted by atomic mass is 32.2. The van der Waals surface area contributed by atoms with E-state index in [0.29, 0.717) is 16.5 Å². The Balaban J connectivity index is 1.90. The molecule has 3 aromatic carbocycles. The molecule has 0 aliphatic carbocycles. The van der Waals surface area contributed by atoms with E-state index in [1.54, 1.807) is 66.7 Å². The van der Waals surface area contributed by atoms with E-state index < -0.39 is 15.9 Å². The molecular formula is C25H18N4O4S. The highest BCUT2D eigenvalue weighted by Gasteiger charge is 2.18. The van der Waals surface area contributed by atoms with Crippen molar-refractivity contribution < 1.29 is 13.2 Å². The third-order valence-corrected chi connectivity index (χ3v) is 6.36. The molecule has 8 nitrogen and oxygen atoms in total. The Kier molecular flexibility index (Phi) is 6.08. The molecule has 1 aromatic heterocycles. The van der Waals surface area contributed by atoms with Crippen LogP contribution < -0.4 is 10.3 Å². The zero-order valence-electron chi connectivity index (χ0n) is 18.0. The van der Waals surface area contributed by atoms with Gasteiger partial charge in [0.1, 0.15) is 5.82 Å². The molecule has 4 aromatic rings. The predicted octanol–water partition coefficient (Wildman–Crippen LogP) is 3.25. The lowest BCUT2D eigenvalue weighted by Crippen LogP contribution is -2.28. The SMILES string of the molecule is CC(=O)NS(=O)(=O)c1cccc(-n2c(/C=C/c3ccc(C#N)cc3)nc3ccccc3c2=O)c1. The van der Waals surface area contributed by atoms with Gasteiger partial charge >= 0.3 is 0 Å². The van der Waals surface area contributed by atoms with Crippen molar-refractivity contribution in [3.05, 3.63) is 100 Å². The Morgan fingerprint density at radius 2 is 1.76 bits per heavy atom. The average Bonchev–Trinajstić information content (AvgIpc) is 2.82. The van der Waals surface area contributed by atoms with E-state index in [4.69, 9.17) is 5.26 Å². The Hall–Kier alpha value is -4.55. The number of carbonyl (C=O) groups is 1. The highest BCUT2D eigenvalue weighted by Crippen LogP contribution is 2.19. The molecule has 0 spiro atoms. The van der Waals surface area contributed by atoms with Crippen LogP contribution in [0.3, 0.4) is 0 Å². The third kappa shape index (κ3) is 4.62. The van der Waals surface area contributed by atoms with Crippen molar-refractivity contribution >= 4 is 39.0 Å². The van der Waals surface area contributed by atoms with E-state index >= 15 is 0 Å². The largest absolute Gasteiger partial charge is 0.274 e. The monoisotopic (exact) mass is 470 g/mol. The van der Waals surface area contributed by atoms with Gasteiger partial charge in [0.2, 0.25) is 5.91 Å². The van der Waals surface area contributed by atoms with Gasteiger partial charge in [-0.15, -0.1) is 0 Å². The van der Waals surface area contributed by atoms with Crippen molar-refractivity contribution in [1.82, 2.24) is 14.3 Å². The van der Waals surface area contributed by atoms with E-state index in [1.165, 1.54) is 22.8 Å². The normalized spacial score (nSPS) is 11.4. The molecule has 1 N–H and O–H groups in total. The molecule has 34 heavy (non-hydrogen) atoms. The molecule has 168 valence electrons. The van der Waals surface area contributed by atoms with E-state index in [-0.39, 0.29) is 22.0 Å². The number of fused-ring (bicyclic) bond motifs is 1. The second kappa shape index (κ2) is 9.13. The minimum atomic E-state index is -4.10. The fraction of sp³-hybridized carbons (Fsp3) is 0.0400. The van der Waals surface area contributed by atoms with E-state index in [1.807, 2.05) is 4.72 Å². The standard InChI is InChI=1S/C25H18N4O4S/c1-17(30)28-34(32,33)21-6-4-5-20(15-21)29-24(14-13-18-9-11-19(16-26)12-10-18)27-23-8-3-2-7-22(23)25(29)31/h2-15H,1H3,(H,28,30)/b14-13+. The zero-order valence-corrected chi connectivity index (χ0v) is 18.8. The first-order valence-corrected chi connectivity index (χ1v) is 11.6. The fourth-order valence-corrected chi connectivity index (χ4v) is 4.42. The van der Waals surface area contributed by atoms with Crippen LogP contribution in [0.5, 0.6) is 0 Å². The van der Waals surface area contributed by atoms with E-state index in [0.717, 1.165) is 12.5 Å². The van der Waals surface area contributed by atoms with E-state index in [9.17, 15) is 18.0 Å². The lowest BCUT2D eigenvalue weighted by atomic mass is 10.1. The Morgan fingerprint density at radius 3 is 2.47 bits per heavy atom. The number of nitrogens with zero attached hydrogens (tertiary/aromatic N) is 3. The number of hydrogen-bond donors (Lipinski definition) is 1. The van der Waals surface area contributed by atoms with Gasteiger partial charge < -0.3 is 0 Å². The van der Waals surface area contributed by atoms with Crippen molar-refractivity contribution in [2.24, 2.45) is 0 Å². The van der Waals surface area contributed by atoms with Crippen molar-refractivity contribution in [3.8, 4) is 11.8 Å². The van der Waals surface area contributed by atoms with Crippen LogP contribution in [0.25, 0.3) is 28.7 Å². The number of benzene rings is 3. The van der Waals surface area contributed by atoms with E-state index in [2.05, 4.69) is 11.1 Å². The zero-order chi connectivity index (χ0) is 24.3. The smallest absolute Gasteiger partial charge is 0.266 e. The van der Waals surface area contributed by atoms with Crippen LogP contribution in [-0.4, -0.2) is 23.9 Å². The number of rotatable bonds is 5. The van der Waals surface area contributed by atoms with Gasteiger partial charge in [0.15, 0.2) is 0 Å². The molecule has 9 heteroatoms. The molecule has 0 aliphatic heterocycles. The lowest BCUT2D eigenvalue weighted by molar-refractivity contribution is -0.117. The summed E-state index contributed by atoms with van der Waals surface area (Å²) in [6.07, 6.45) is 3.39. The molecule has 0 saturated heterocycles. The molecule has 0 saturated carbocycles. The van der Waals surface area contributed by atoms with Crippen molar-refractivity contribution in [2.75, 3.05) is 0 Å². The molecule has 0 atom stereocenters. The first kappa shape index (κ1) is 22.6. The number of nitriles is 1. The Bertz CT molecular complexity index is 1650. The third-order valence-electron chi connectivity index (χ3n) is 4.93. The molecule has 0 aliphatic rings. The van der Waals surface area contributed by atoms with Gasteiger partial charge in [0, 0.05) is 6.92 Å². The second-order valence-corrected chi connectivity index (χ2v) is 9.04. The van der Waals surface area contributed by atoms with Crippen molar-refractivity contribution in [1.29, 1.82) is 5.26 Å². The molecular weight excluding hydrogens is 452 g/mol. The number of aromatic nitrogens is 2. The van der Waals surface area contributed by atoms with Gasteiger partial charge in [0.05, 0.1) is 33.1 Å². The second-order valence-electron chi connectivity index (χ2n) is 7.35. The molecule has 0 bridgehead atoms. The van der Waals surface area contributed by atoms with Crippen LogP contribution >= 0.6 is 0 Å².